The molecule has 0 bridgehead atoms. The second-order valence-electron chi connectivity index (χ2n) is 5.35. The molecule has 0 fully saturated rings. The molecular formula is C18H19N3O. The van der Waals surface area contributed by atoms with Crippen LogP contribution in [0.4, 0.5) is 22.7 Å². The van der Waals surface area contributed by atoms with Gasteiger partial charge in [0.15, 0.2) is 0 Å². The molecule has 3 rings (SSSR count). The van der Waals surface area contributed by atoms with Crippen molar-refractivity contribution in [1.82, 2.24) is 0 Å². The highest BCUT2D eigenvalue weighted by molar-refractivity contribution is 5.97. The lowest BCUT2D eigenvalue weighted by atomic mass is 10.1. The van der Waals surface area contributed by atoms with E-state index < -0.39 is 0 Å². The molecule has 3 aromatic carbocycles. The van der Waals surface area contributed by atoms with E-state index in [0.29, 0.717) is 0 Å². The number of ether oxygens (including phenoxy) is 1. The molecule has 3 aromatic rings. The summed E-state index contributed by atoms with van der Waals surface area (Å²) in [5.41, 5.74) is 16.5. The summed E-state index contributed by atoms with van der Waals surface area (Å²) in [4.78, 5) is 0. The fourth-order valence-electron chi connectivity index (χ4n) is 2.51. The van der Waals surface area contributed by atoms with Crippen LogP contribution < -0.4 is 21.5 Å². The summed E-state index contributed by atoms with van der Waals surface area (Å²) in [5, 5.41) is 5.42. The predicted molar refractivity (Wildman–Crippen MR) is 93.8 cm³/mol. The molecule has 0 heterocycles. The van der Waals surface area contributed by atoms with E-state index >= 15 is 0 Å². The minimum atomic E-state index is 0.723. The summed E-state index contributed by atoms with van der Waals surface area (Å²) >= 11 is 0. The SMILES string of the molecule is COc1ccc(C)c(Nc2cc(N)c3ccc(N)cc3c2)c1. The molecule has 5 N–H and O–H groups in total. The number of methoxy groups -OCH3 is 1. The van der Waals surface area contributed by atoms with Crippen molar-refractivity contribution in [3.8, 4) is 5.75 Å². The van der Waals surface area contributed by atoms with Gasteiger partial charge < -0.3 is 21.5 Å². The highest BCUT2D eigenvalue weighted by atomic mass is 16.5. The van der Waals surface area contributed by atoms with Gasteiger partial charge in [-0.15, -0.1) is 0 Å². The molecule has 0 aromatic heterocycles. The molecule has 0 saturated heterocycles. The summed E-state index contributed by atoms with van der Waals surface area (Å²) in [7, 11) is 1.66. The topological polar surface area (TPSA) is 73.3 Å². The Morgan fingerprint density at radius 3 is 2.55 bits per heavy atom. The van der Waals surface area contributed by atoms with Crippen LogP contribution in [-0.4, -0.2) is 7.11 Å². The average molecular weight is 293 g/mol. The normalized spacial score (nSPS) is 10.6. The smallest absolute Gasteiger partial charge is 0.120 e. The third-order valence-corrected chi connectivity index (χ3v) is 3.73. The van der Waals surface area contributed by atoms with Crippen molar-refractivity contribution in [3.63, 3.8) is 0 Å². The van der Waals surface area contributed by atoms with E-state index in [4.69, 9.17) is 16.2 Å². The van der Waals surface area contributed by atoms with Crippen LogP contribution in [0.25, 0.3) is 10.8 Å². The first-order valence-electron chi connectivity index (χ1n) is 7.07. The number of hydrogen-bond donors (Lipinski definition) is 3. The molecule has 0 saturated carbocycles. The van der Waals surface area contributed by atoms with Gasteiger partial charge in [-0.2, -0.15) is 0 Å². The van der Waals surface area contributed by atoms with Gasteiger partial charge in [-0.1, -0.05) is 12.1 Å². The van der Waals surface area contributed by atoms with Crippen molar-refractivity contribution in [2.75, 3.05) is 23.9 Å². The Morgan fingerprint density at radius 1 is 0.955 bits per heavy atom. The Hall–Kier alpha value is -2.88. The molecule has 0 unspecified atom stereocenters. The van der Waals surface area contributed by atoms with E-state index in [0.717, 1.165) is 44.8 Å². The maximum atomic E-state index is 6.15. The maximum Gasteiger partial charge on any atom is 0.120 e. The van der Waals surface area contributed by atoms with E-state index in [1.165, 1.54) is 0 Å². The van der Waals surface area contributed by atoms with Gasteiger partial charge in [0.2, 0.25) is 0 Å². The van der Waals surface area contributed by atoms with E-state index in [1.807, 2.05) is 55.5 Å². The molecule has 0 amide bonds. The third-order valence-electron chi connectivity index (χ3n) is 3.73. The largest absolute Gasteiger partial charge is 0.497 e. The molecule has 22 heavy (non-hydrogen) atoms. The van der Waals surface area contributed by atoms with Gasteiger partial charge in [0.1, 0.15) is 5.75 Å². The van der Waals surface area contributed by atoms with Gasteiger partial charge >= 0.3 is 0 Å². The summed E-state index contributed by atoms with van der Waals surface area (Å²) in [5.74, 6) is 0.811. The zero-order valence-electron chi connectivity index (χ0n) is 12.7. The van der Waals surface area contributed by atoms with E-state index in [9.17, 15) is 0 Å². The zero-order valence-corrected chi connectivity index (χ0v) is 12.7. The molecule has 112 valence electrons. The molecule has 4 heteroatoms. The Morgan fingerprint density at radius 2 is 1.77 bits per heavy atom. The van der Waals surface area contributed by atoms with Gasteiger partial charge in [0.05, 0.1) is 7.11 Å². The number of benzene rings is 3. The molecule has 0 spiro atoms. The number of aryl methyl sites for hydroxylation is 1. The van der Waals surface area contributed by atoms with Crippen LogP contribution in [0.15, 0.2) is 48.5 Å². The molecule has 4 nitrogen and oxygen atoms in total. The Bertz CT molecular complexity index is 843. The number of anilines is 4. The molecular weight excluding hydrogens is 274 g/mol. The van der Waals surface area contributed by atoms with Crippen molar-refractivity contribution in [2.24, 2.45) is 0 Å². The van der Waals surface area contributed by atoms with Crippen LogP contribution in [0.2, 0.25) is 0 Å². The quantitative estimate of drug-likeness (QED) is 0.637. The maximum absolute atomic E-state index is 6.15. The lowest BCUT2D eigenvalue weighted by Gasteiger charge is -2.13. The number of nitrogens with one attached hydrogen (secondary N) is 1. The highest BCUT2D eigenvalue weighted by Crippen LogP contribution is 2.31. The summed E-state index contributed by atoms with van der Waals surface area (Å²) in [6.45, 7) is 2.05. The predicted octanol–water partition coefficient (Wildman–Crippen LogP) is 4.06. The van der Waals surface area contributed by atoms with Crippen LogP contribution in [0.1, 0.15) is 5.56 Å². The van der Waals surface area contributed by atoms with Crippen LogP contribution in [0.3, 0.4) is 0 Å². The Kier molecular flexibility index (Phi) is 3.51. The number of nitrogen functional groups attached to an aromatic ring is 2. The monoisotopic (exact) mass is 293 g/mol. The van der Waals surface area contributed by atoms with Crippen molar-refractivity contribution in [1.29, 1.82) is 0 Å². The second kappa shape index (κ2) is 5.48. The molecule has 0 radical (unpaired) electrons. The van der Waals surface area contributed by atoms with Crippen molar-refractivity contribution in [3.05, 3.63) is 54.1 Å². The van der Waals surface area contributed by atoms with Crippen molar-refractivity contribution >= 4 is 33.5 Å². The third kappa shape index (κ3) is 2.63. The van der Waals surface area contributed by atoms with Gasteiger partial charge in [0, 0.05) is 34.2 Å². The Labute approximate surface area is 129 Å². The molecule has 0 atom stereocenters. The Balaban J connectivity index is 2.04. The minimum absolute atomic E-state index is 0.723. The first kappa shape index (κ1) is 14.1. The number of rotatable bonds is 3. The number of nitrogens with two attached hydrogens (primary N) is 2. The van der Waals surface area contributed by atoms with Gasteiger partial charge in [0.25, 0.3) is 0 Å². The minimum Gasteiger partial charge on any atom is -0.497 e. The molecule has 0 aliphatic carbocycles. The van der Waals surface area contributed by atoms with Crippen LogP contribution in [0, 0.1) is 6.92 Å². The van der Waals surface area contributed by atoms with Crippen LogP contribution in [0.5, 0.6) is 5.75 Å². The number of hydrogen-bond acceptors (Lipinski definition) is 4. The lowest BCUT2D eigenvalue weighted by molar-refractivity contribution is 0.415. The fraction of sp³-hybridized carbons (Fsp3) is 0.111. The standard InChI is InChI=1S/C18H19N3O/c1-11-3-5-15(22-2)10-18(11)21-14-8-12-7-13(19)4-6-16(12)17(20)9-14/h3-10,21H,19-20H2,1-2H3. The van der Waals surface area contributed by atoms with E-state index in [-0.39, 0.29) is 0 Å². The highest BCUT2D eigenvalue weighted by Gasteiger charge is 2.05. The van der Waals surface area contributed by atoms with Crippen LogP contribution in [-0.2, 0) is 0 Å². The summed E-state index contributed by atoms with van der Waals surface area (Å²) in [6, 6.07) is 15.6. The van der Waals surface area contributed by atoms with Crippen molar-refractivity contribution < 1.29 is 4.74 Å². The van der Waals surface area contributed by atoms with Crippen LogP contribution >= 0.6 is 0 Å². The fourth-order valence-corrected chi connectivity index (χ4v) is 2.51. The molecule has 0 aliphatic heterocycles. The number of fused-ring (bicyclic) bond motifs is 1. The summed E-state index contributed by atoms with van der Waals surface area (Å²) < 4.78 is 5.28. The van der Waals surface area contributed by atoms with E-state index in [2.05, 4.69) is 5.32 Å². The van der Waals surface area contributed by atoms with Gasteiger partial charge in [-0.05, 0) is 48.2 Å². The van der Waals surface area contributed by atoms with Crippen molar-refractivity contribution in [2.45, 2.75) is 6.92 Å². The molecule has 0 aliphatic rings. The van der Waals surface area contributed by atoms with Gasteiger partial charge in [-0.25, -0.2) is 0 Å². The van der Waals surface area contributed by atoms with E-state index in [1.54, 1.807) is 7.11 Å². The average Bonchev–Trinajstić information content (AvgIpc) is 2.49. The lowest BCUT2D eigenvalue weighted by Crippen LogP contribution is -1.97. The second-order valence-corrected chi connectivity index (χ2v) is 5.35. The summed E-state index contributed by atoms with van der Waals surface area (Å²) in [6.07, 6.45) is 0. The first-order valence-corrected chi connectivity index (χ1v) is 7.07. The first-order chi connectivity index (χ1) is 10.6. The van der Waals surface area contributed by atoms with Gasteiger partial charge in [-0.3, -0.25) is 0 Å². The zero-order chi connectivity index (χ0) is 15.7.